The second-order valence-corrected chi connectivity index (χ2v) is 4.40. The van der Waals surface area contributed by atoms with E-state index in [2.05, 4.69) is 0 Å². The average molecular weight is 255 g/mol. The summed E-state index contributed by atoms with van der Waals surface area (Å²) in [5.74, 6) is -1.21. The SMILES string of the molecule is CC(C)Oc1ccc(C(N)CCC(=O)O)cc1F. The summed E-state index contributed by atoms with van der Waals surface area (Å²) in [5, 5.41) is 8.56. The third-order valence-corrected chi connectivity index (χ3v) is 2.42. The van der Waals surface area contributed by atoms with Crippen molar-refractivity contribution in [1.29, 1.82) is 0 Å². The van der Waals surface area contributed by atoms with Crippen LogP contribution in [0.5, 0.6) is 5.75 Å². The molecule has 1 rings (SSSR count). The van der Waals surface area contributed by atoms with E-state index in [1.165, 1.54) is 12.1 Å². The zero-order valence-electron chi connectivity index (χ0n) is 10.5. The van der Waals surface area contributed by atoms with Crippen molar-refractivity contribution in [2.75, 3.05) is 0 Å². The monoisotopic (exact) mass is 255 g/mol. The molecule has 1 unspecified atom stereocenters. The third-order valence-electron chi connectivity index (χ3n) is 2.42. The van der Waals surface area contributed by atoms with Gasteiger partial charge in [0.15, 0.2) is 11.6 Å². The van der Waals surface area contributed by atoms with Crippen LogP contribution in [-0.2, 0) is 4.79 Å². The van der Waals surface area contributed by atoms with E-state index < -0.39 is 17.8 Å². The maximum absolute atomic E-state index is 13.7. The van der Waals surface area contributed by atoms with Gasteiger partial charge in [-0.3, -0.25) is 4.79 Å². The van der Waals surface area contributed by atoms with E-state index in [1.807, 2.05) is 13.8 Å². The van der Waals surface area contributed by atoms with Crippen LogP contribution >= 0.6 is 0 Å². The normalized spacial score (nSPS) is 12.5. The van der Waals surface area contributed by atoms with E-state index in [1.54, 1.807) is 6.07 Å². The first-order valence-corrected chi connectivity index (χ1v) is 5.83. The van der Waals surface area contributed by atoms with Crippen LogP contribution in [0.3, 0.4) is 0 Å². The van der Waals surface area contributed by atoms with Crippen LogP contribution in [0.4, 0.5) is 4.39 Å². The maximum atomic E-state index is 13.7. The smallest absolute Gasteiger partial charge is 0.303 e. The fraction of sp³-hybridized carbons (Fsp3) is 0.462. The molecular weight excluding hydrogens is 237 g/mol. The number of aliphatic carboxylic acids is 1. The molecule has 0 aliphatic heterocycles. The molecule has 0 radical (unpaired) electrons. The molecule has 18 heavy (non-hydrogen) atoms. The number of hydrogen-bond acceptors (Lipinski definition) is 3. The van der Waals surface area contributed by atoms with Gasteiger partial charge in [0.25, 0.3) is 0 Å². The molecular formula is C13H18FNO3. The first-order valence-electron chi connectivity index (χ1n) is 5.83. The molecule has 0 aliphatic carbocycles. The summed E-state index contributed by atoms with van der Waals surface area (Å²) < 4.78 is 18.9. The Bertz CT molecular complexity index is 421. The zero-order valence-corrected chi connectivity index (χ0v) is 10.5. The summed E-state index contributed by atoms with van der Waals surface area (Å²) in [6.45, 7) is 3.62. The van der Waals surface area contributed by atoms with Crippen LogP contribution in [0.15, 0.2) is 18.2 Å². The topological polar surface area (TPSA) is 72.5 Å². The van der Waals surface area contributed by atoms with Crippen LogP contribution in [0.1, 0.15) is 38.3 Å². The van der Waals surface area contributed by atoms with Crippen molar-refractivity contribution in [2.45, 2.75) is 38.8 Å². The average Bonchev–Trinajstić information content (AvgIpc) is 2.28. The summed E-state index contributed by atoms with van der Waals surface area (Å²) in [4.78, 5) is 10.4. The Kier molecular flexibility index (Phi) is 5.09. The lowest BCUT2D eigenvalue weighted by Crippen LogP contribution is -2.13. The van der Waals surface area contributed by atoms with Crippen LogP contribution in [0.25, 0.3) is 0 Å². The Hall–Kier alpha value is -1.62. The fourth-order valence-corrected chi connectivity index (χ4v) is 1.54. The molecule has 3 N–H and O–H groups in total. The number of rotatable bonds is 6. The predicted octanol–water partition coefficient (Wildman–Crippen LogP) is 2.48. The molecule has 0 saturated carbocycles. The van der Waals surface area contributed by atoms with Crippen LogP contribution in [0.2, 0.25) is 0 Å². The van der Waals surface area contributed by atoms with Gasteiger partial charge in [0.2, 0.25) is 0 Å². The largest absolute Gasteiger partial charge is 0.488 e. The van der Waals surface area contributed by atoms with Crippen molar-refractivity contribution in [2.24, 2.45) is 5.73 Å². The summed E-state index contributed by atoms with van der Waals surface area (Å²) in [6, 6.07) is 3.99. The van der Waals surface area contributed by atoms with Crippen LogP contribution in [0, 0.1) is 5.82 Å². The molecule has 1 atom stereocenters. The van der Waals surface area contributed by atoms with Gasteiger partial charge in [0.1, 0.15) is 0 Å². The van der Waals surface area contributed by atoms with Gasteiger partial charge in [0.05, 0.1) is 6.10 Å². The Morgan fingerprint density at radius 2 is 2.17 bits per heavy atom. The molecule has 0 saturated heterocycles. The molecule has 0 aromatic heterocycles. The molecule has 4 nitrogen and oxygen atoms in total. The maximum Gasteiger partial charge on any atom is 0.303 e. The summed E-state index contributed by atoms with van der Waals surface area (Å²) in [5.41, 5.74) is 6.37. The molecule has 0 heterocycles. The van der Waals surface area contributed by atoms with E-state index in [9.17, 15) is 9.18 Å². The third kappa shape index (κ3) is 4.33. The van der Waals surface area contributed by atoms with Gasteiger partial charge in [-0.1, -0.05) is 6.07 Å². The molecule has 100 valence electrons. The lowest BCUT2D eigenvalue weighted by molar-refractivity contribution is -0.137. The summed E-state index contributed by atoms with van der Waals surface area (Å²) >= 11 is 0. The molecule has 1 aromatic carbocycles. The first kappa shape index (κ1) is 14.4. The quantitative estimate of drug-likeness (QED) is 0.819. The predicted molar refractivity (Wildman–Crippen MR) is 66.0 cm³/mol. The van der Waals surface area contributed by atoms with Crippen molar-refractivity contribution < 1.29 is 19.0 Å². The second kappa shape index (κ2) is 6.35. The number of nitrogens with two attached hydrogens (primary N) is 1. The van der Waals surface area contributed by atoms with E-state index >= 15 is 0 Å². The lowest BCUT2D eigenvalue weighted by Gasteiger charge is -2.14. The van der Waals surface area contributed by atoms with Crippen LogP contribution < -0.4 is 10.5 Å². The van der Waals surface area contributed by atoms with Crippen molar-refractivity contribution in [3.05, 3.63) is 29.6 Å². The fourth-order valence-electron chi connectivity index (χ4n) is 1.54. The minimum Gasteiger partial charge on any atom is -0.488 e. The molecule has 0 spiro atoms. The van der Waals surface area contributed by atoms with Gasteiger partial charge in [-0.15, -0.1) is 0 Å². The number of halogens is 1. The number of carboxylic acids is 1. The number of carboxylic acid groups (broad SMARTS) is 1. The highest BCUT2D eigenvalue weighted by Crippen LogP contribution is 2.24. The molecule has 5 heteroatoms. The molecule has 1 aromatic rings. The van der Waals surface area contributed by atoms with Gasteiger partial charge in [-0.05, 0) is 38.0 Å². The Morgan fingerprint density at radius 3 is 2.67 bits per heavy atom. The molecule has 0 bridgehead atoms. The minimum atomic E-state index is -0.911. The van der Waals surface area contributed by atoms with Crippen LogP contribution in [-0.4, -0.2) is 17.2 Å². The van der Waals surface area contributed by atoms with Crippen molar-refractivity contribution >= 4 is 5.97 Å². The molecule has 0 aliphatic rings. The van der Waals surface area contributed by atoms with Gasteiger partial charge in [0, 0.05) is 12.5 Å². The van der Waals surface area contributed by atoms with Crippen molar-refractivity contribution in [3.63, 3.8) is 0 Å². The Morgan fingerprint density at radius 1 is 1.50 bits per heavy atom. The highest BCUT2D eigenvalue weighted by atomic mass is 19.1. The van der Waals surface area contributed by atoms with Crippen molar-refractivity contribution in [3.8, 4) is 5.75 Å². The van der Waals surface area contributed by atoms with Gasteiger partial charge >= 0.3 is 5.97 Å². The van der Waals surface area contributed by atoms with Gasteiger partial charge in [-0.25, -0.2) is 4.39 Å². The molecule has 0 amide bonds. The Balaban J connectivity index is 2.73. The van der Waals surface area contributed by atoms with E-state index in [0.717, 1.165) is 0 Å². The highest BCUT2D eigenvalue weighted by Gasteiger charge is 2.12. The van der Waals surface area contributed by atoms with Gasteiger partial charge in [-0.2, -0.15) is 0 Å². The first-order chi connectivity index (χ1) is 8.40. The number of hydrogen-bond donors (Lipinski definition) is 2. The minimum absolute atomic E-state index is 0.0347. The van der Waals surface area contributed by atoms with E-state index in [-0.39, 0.29) is 24.7 Å². The summed E-state index contributed by atoms with van der Waals surface area (Å²) in [7, 11) is 0. The van der Waals surface area contributed by atoms with Crippen molar-refractivity contribution in [1.82, 2.24) is 0 Å². The number of carbonyl (C=O) groups is 1. The van der Waals surface area contributed by atoms with Gasteiger partial charge < -0.3 is 15.6 Å². The number of benzene rings is 1. The summed E-state index contributed by atoms with van der Waals surface area (Å²) in [6.07, 6.45) is 0.137. The number of ether oxygens (including phenoxy) is 1. The Labute approximate surface area is 106 Å². The highest BCUT2D eigenvalue weighted by molar-refractivity contribution is 5.66. The zero-order chi connectivity index (χ0) is 13.7. The second-order valence-electron chi connectivity index (χ2n) is 4.40. The standard InChI is InChI=1S/C13H18FNO3/c1-8(2)18-12-5-3-9(7-10(12)14)11(15)4-6-13(16)17/h3,5,7-8,11H,4,6,15H2,1-2H3,(H,16,17). The lowest BCUT2D eigenvalue weighted by atomic mass is 10.0. The molecule has 0 fully saturated rings. The van der Waals surface area contributed by atoms with E-state index in [4.69, 9.17) is 15.6 Å². The van der Waals surface area contributed by atoms with E-state index in [0.29, 0.717) is 5.56 Å².